The number of ether oxygens (including phenoxy) is 1. The first kappa shape index (κ1) is 19.7. The molecule has 2 N–H and O–H groups in total. The molecule has 0 aliphatic rings. The normalized spacial score (nSPS) is 10.2. The smallest absolute Gasteiger partial charge is 0.257 e. The number of pyridine rings is 1. The number of rotatable bonds is 5. The number of benzene rings is 2. The number of hydrogen-bond donors (Lipinski definition) is 2. The number of carbonyl (C=O) groups is 2. The van der Waals surface area contributed by atoms with Gasteiger partial charge in [0.2, 0.25) is 0 Å². The molecule has 2 amide bonds. The Balaban J connectivity index is 1.77. The van der Waals surface area contributed by atoms with Gasteiger partial charge in [0.15, 0.2) is 0 Å². The second-order valence-electron chi connectivity index (χ2n) is 5.69. The summed E-state index contributed by atoms with van der Waals surface area (Å²) in [5, 5.41) is 6.18. The summed E-state index contributed by atoms with van der Waals surface area (Å²) in [4.78, 5) is 28.6. The van der Waals surface area contributed by atoms with Gasteiger partial charge in [0.25, 0.3) is 11.8 Å². The number of halogens is 2. The van der Waals surface area contributed by atoms with Crippen molar-refractivity contribution in [1.29, 1.82) is 0 Å². The summed E-state index contributed by atoms with van der Waals surface area (Å²) in [6.07, 6.45) is 3.05. The van der Waals surface area contributed by atoms with Crippen LogP contribution in [-0.4, -0.2) is 23.9 Å². The molecule has 0 atom stereocenters. The van der Waals surface area contributed by atoms with Gasteiger partial charge in [-0.3, -0.25) is 14.6 Å². The van der Waals surface area contributed by atoms with E-state index in [1.165, 1.54) is 19.4 Å². The second-order valence-corrected chi connectivity index (χ2v) is 6.53. The van der Waals surface area contributed by atoms with Gasteiger partial charge in [0.05, 0.1) is 28.9 Å². The van der Waals surface area contributed by atoms with Gasteiger partial charge in [-0.2, -0.15) is 0 Å². The SMILES string of the molecule is COc1cc(NC(=O)c2ccc(Cl)cc2Cl)ccc1NC(=O)c1cccnc1. The van der Waals surface area contributed by atoms with E-state index >= 15 is 0 Å². The molecular formula is C20H15Cl2N3O3. The maximum absolute atomic E-state index is 12.4. The van der Waals surface area contributed by atoms with Crippen molar-refractivity contribution in [2.75, 3.05) is 17.7 Å². The Labute approximate surface area is 171 Å². The lowest BCUT2D eigenvalue weighted by atomic mass is 10.2. The molecule has 3 rings (SSSR count). The van der Waals surface area contributed by atoms with E-state index < -0.39 is 5.91 Å². The molecule has 8 heteroatoms. The van der Waals surface area contributed by atoms with Crippen molar-refractivity contribution in [3.8, 4) is 5.75 Å². The van der Waals surface area contributed by atoms with Crippen LogP contribution in [0.4, 0.5) is 11.4 Å². The van der Waals surface area contributed by atoms with E-state index in [0.717, 1.165) is 0 Å². The van der Waals surface area contributed by atoms with Crippen LogP contribution in [0.15, 0.2) is 60.9 Å². The Kier molecular flexibility index (Phi) is 6.13. The van der Waals surface area contributed by atoms with Crippen molar-refractivity contribution < 1.29 is 14.3 Å². The topological polar surface area (TPSA) is 80.3 Å². The quantitative estimate of drug-likeness (QED) is 0.620. The average molecular weight is 416 g/mol. The Morgan fingerprint density at radius 2 is 1.82 bits per heavy atom. The highest BCUT2D eigenvalue weighted by Crippen LogP contribution is 2.29. The molecule has 0 radical (unpaired) electrons. The Bertz CT molecular complexity index is 1030. The van der Waals surface area contributed by atoms with Crippen molar-refractivity contribution >= 4 is 46.4 Å². The molecule has 1 aromatic heterocycles. The standard InChI is InChI=1S/C20H15Cl2N3O3/c1-28-18-10-14(24-20(27)15-6-4-13(21)9-16(15)22)5-7-17(18)25-19(26)12-3-2-8-23-11-12/h2-11H,1H3,(H,24,27)(H,25,26). The fourth-order valence-electron chi connectivity index (χ4n) is 2.44. The molecule has 0 bridgehead atoms. The molecule has 28 heavy (non-hydrogen) atoms. The van der Waals surface area contributed by atoms with Crippen LogP contribution in [0, 0.1) is 0 Å². The summed E-state index contributed by atoms with van der Waals surface area (Å²) in [5.74, 6) is -0.329. The molecular weight excluding hydrogens is 401 g/mol. The van der Waals surface area contributed by atoms with Crippen LogP contribution in [-0.2, 0) is 0 Å². The first-order chi connectivity index (χ1) is 13.5. The highest BCUT2D eigenvalue weighted by molar-refractivity contribution is 6.37. The summed E-state index contributed by atoms with van der Waals surface area (Å²) in [5.41, 5.74) is 1.64. The monoisotopic (exact) mass is 415 g/mol. The van der Waals surface area contributed by atoms with E-state index in [9.17, 15) is 9.59 Å². The van der Waals surface area contributed by atoms with Crippen molar-refractivity contribution in [2.24, 2.45) is 0 Å². The van der Waals surface area contributed by atoms with Gasteiger partial charge in [-0.25, -0.2) is 0 Å². The largest absolute Gasteiger partial charge is 0.494 e. The van der Waals surface area contributed by atoms with Crippen LogP contribution in [0.5, 0.6) is 5.75 Å². The fraction of sp³-hybridized carbons (Fsp3) is 0.0500. The summed E-state index contributed by atoms with van der Waals surface area (Å²) < 4.78 is 5.32. The second kappa shape index (κ2) is 8.73. The molecule has 3 aromatic rings. The molecule has 0 unspecified atom stereocenters. The maximum atomic E-state index is 12.4. The van der Waals surface area contributed by atoms with Crippen LogP contribution in [0.1, 0.15) is 20.7 Å². The third-order valence-electron chi connectivity index (χ3n) is 3.81. The zero-order chi connectivity index (χ0) is 20.1. The van der Waals surface area contributed by atoms with Crippen LogP contribution < -0.4 is 15.4 Å². The number of amides is 2. The molecule has 0 aliphatic carbocycles. The molecule has 0 spiro atoms. The van der Waals surface area contributed by atoms with Crippen LogP contribution >= 0.6 is 23.2 Å². The number of nitrogens with zero attached hydrogens (tertiary/aromatic N) is 1. The first-order valence-corrected chi connectivity index (χ1v) is 8.89. The first-order valence-electron chi connectivity index (χ1n) is 8.14. The van der Waals surface area contributed by atoms with E-state index in [-0.39, 0.29) is 10.9 Å². The molecule has 0 saturated carbocycles. The zero-order valence-electron chi connectivity index (χ0n) is 14.7. The van der Waals surface area contributed by atoms with Crippen molar-refractivity contribution in [2.45, 2.75) is 0 Å². The number of anilines is 2. The van der Waals surface area contributed by atoms with Gasteiger partial charge in [-0.15, -0.1) is 0 Å². The number of nitrogens with one attached hydrogen (secondary N) is 2. The molecule has 1 heterocycles. The van der Waals surface area contributed by atoms with Gasteiger partial charge in [-0.1, -0.05) is 23.2 Å². The summed E-state index contributed by atoms with van der Waals surface area (Å²) in [6.45, 7) is 0. The minimum atomic E-state index is -0.393. The van der Waals surface area contributed by atoms with Gasteiger partial charge >= 0.3 is 0 Å². The maximum Gasteiger partial charge on any atom is 0.257 e. The molecule has 142 valence electrons. The number of hydrogen-bond acceptors (Lipinski definition) is 4. The van der Waals surface area contributed by atoms with E-state index in [2.05, 4.69) is 15.6 Å². The Morgan fingerprint density at radius 1 is 1.00 bits per heavy atom. The summed E-state index contributed by atoms with van der Waals surface area (Å²) >= 11 is 11.9. The predicted octanol–water partition coefficient (Wildman–Crippen LogP) is 4.90. The summed E-state index contributed by atoms with van der Waals surface area (Å²) in [7, 11) is 1.47. The van der Waals surface area contributed by atoms with Crippen LogP contribution in [0.3, 0.4) is 0 Å². The van der Waals surface area contributed by atoms with Crippen molar-refractivity contribution in [1.82, 2.24) is 4.98 Å². The molecule has 2 aromatic carbocycles. The number of aromatic nitrogens is 1. The van der Waals surface area contributed by atoms with Gasteiger partial charge < -0.3 is 15.4 Å². The highest BCUT2D eigenvalue weighted by atomic mass is 35.5. The van der Waals surface area contributed by atoms with Gasteiger partial charge in [0, 0.05) is 29.2 Å². The van der Waals surface area contributed by atoms with E-state index in [4.69, 9.17) is 27.9 Å². The molecule has 0 saturated heterocycles. The minimum absolute atomic E-state index is 0.248. The molecule has 0 fully saturated rings. The molecule has 6 nitrogen and oxygen atoms in total. The Hall–Kier alpha value is -3.09. The zero-order valence-corrected chi connectivity index (χ0v) is 16.2. The van der Waals surface area contributed by atoms with Crippen molar-refractivity contribution in [3.63, 3.8) is 0 Å². The van der Waals surface area contributed by atoms with E-state index in [0.29, 0.717) is 33.3 Å². The van der Waals surface area contributed by atoms with Crippen LogP contribution in [0.25, 0.3) is 0 Å². The minimum Gasteiger partial charge on any atom is -0.494 e. The number of methoxy groups -OCH3 is 1. The number of carbonyl (C=O) groups excluding carboxylic acids is 2. The van der Waals surface area contributed by atoms with E-state index in [1.807, 2.05) is 0 Å². The third kappa shape index (κ3) is 4.60. The lowest BCUT2D eigenvalue weighted by molar-refractivity contribution is 0.101. The lowest BCUT2D eigenvalue weighted by Crippen LogP contribution is -2.14. The third-order valence-corrected chi connectivity index (χ3v) is 4.35. The Morgan fingerprint density at radius 3 is 2.50 bits per heavy atom. The van der Waals surface area contributed by atoms with Gasteiger partial charge in [-0.05, 0) is 42.5 Å². The average Bonchev–Trinajstić information content (AvgIpc) is 2.69. The molecule has 0 aliphatic heterocycles. The van der Waals surface area contributed by atoms with Gasteiger partial charge in [0.1, 0.15) is 5.75 Å². The van der Waals surface area contributed by atoms with Crippen molar-refractivity contribution in [3.05, 3.63) is 82.1 Å². The summed E-state index contributed by atoms with van der Waals surface area (Å²) in [6, 6.07) is 12.8. The predicted molar refractivity (Wildman–Crippen MR) is 110 cm³/mol. The lowest BCUT2D eigenvalue weighted by Gasteiger charge is -2.13. The highest BCUT2D eigenvalue weighted by Gasteiger charge is 2.14. The fourth-order valence-corrected chi connectivity index (χ4v) is 2.93. The van der Waals surface area contributed by atoms with Crippen LogP contribution in [0.2, 0.25) is 10.0 Å². The van der Waals surface area contributed by atoms with E-state index in [1.54, 1.807) is 48.7 Å².